The van der Waals surface area contributed by atoms with Crippen molar-refractivity contribution < 1.29 is 9.50 Å². The largest absolute Gasteiger partial charge is 0.393 e. The van der Waals surface area contributed by atoms with Crippen molar-refractivity contribution in [1.82, 2.24) is 4.90 Å². The lowest BCUT2D eigenvalue weighted by Crippen LogP contribution is -2.37. The van der Waals surface area contributed by atoms with Gasteiger partial charge in [-0.15, -0.1) is 0 Å². The van der Waals surface area contributed by atoms with Crippen LogP contribution in [0.2, 0.25) is 0 Å². The van der Waals surface area contributed by atoms with E-state index in [1.165, 1.54) is 16.6 Å². The number of hydrogen-bond acceptors (Lipinski definition) is 4. The third-order valence-corrected chi connectivity index (χ3v) is 6.13. The van der Waals surface area contributed by atoms with E-state index in [0.29, 0.717) is 0 Å². The summed E-state index contributed by atoms with van der Waals surface area (Å²) in [6, 6.07) is 13.4. The van der Waals surface area contributed by atoms with Gasteiger partial charge >= 0.3 is 0 Å². The van der Waals surface area contributed by atoms with Crippen molar-refractivity contribution in [3.05, 3.63) is 48.3 Å². The van der Waals surface area contributed by atoms with Gasteiger partial charge in [-0.2, -0.15) is 0 Å². The number of aliphatic hydroxyl groups excluding tert-OH is 1. The second-order valence-electron chi connectivity index (χ2n) is 6.76. The van der Waals surface area contributed by atoms with Crippen molar-refractivity contribution in [3.8, 4) is 0 Å². The molecule has 0 saturated carbocycles. The van der Waals surface area contributed by atoms with Crippen molar-refractivity contribution in [2.24, 2.45) is 0 Å². The minimum absolute atomic E-state index is 0.128. The lowest BCUT2D eigenvalue weighted by atomic mass is 10.1. The first-order valence-electron chi connectivity index (χ1n) is 8.95. The molecule has 0 bridgehead atoms. The number of nitrogens with zero attached hydrogens (tertiary/aromatic N) is 2. The number of benzene rings is 2. The van der Waals surface area contributed by atoms with Crippen molar-refractivity contribution in [2.75, 3.05) is 31.1 Å². The van der Waals surface area contributed by atoms with Crippen molar-refractivity contribution in [1.29, 1.82) is 0 Å². The van der Waals surface area contributed by atoms with E-state index in [0.717, 1.165) is 56.0 Å². The number of piperidine rings is 1. The van der Waals surface area contributed by atoms with E-state index >= 15 is 0 Å². The van der Waals surface area contributed by atoms with Gasteiger partial charge in [0.05, 0.1) is 17.5 Å². The number of hydrogen-bond donors (Lipinski definition) is 1. The maximum absolute atomic E-state index is 13.8. The van der Waals surface area contributed by atoms with Gasteiger partial charge in [-0.05, 0) is 56.1 Å². The van der Waals surface area contributed by atoms with E-state index < -0.39 is 0 Å². The van der Waals surface area contributed by atoms with Gasteiger partial charge in [-0.3, -0.25) is 0 Å². The second kappa shape index (κ2) is 7.36. The third-order valence-electron chi connectivity index (χ3n) is 5.00. The molecule has 2 aromatic rings. The summed E-state index contributed by atoms with van der Waals surface area (Å²) in [5.41, 5.74) is 2.14. The molecule has 2 aliphatic heterocycles. The fourth-order valence-corrected chi connectivity index (χ4v) is 4.71. The van der Waals surface area contributed by atoms with Gasteiger partial charge in [-0.25, -0.2) is 4.39 Å². The Labute approximate surface area is 152 Å². The Kier molecular flexibility index (Phi) is 4.97. The van der Waals surface area contributed by atoms with Gasteiger partial charge in [0.2, 0.25) is 0 Å². The predicted molar refractivity (Wildman–Crippen MR) is 100 cm³/mol. The highest BCUT2D eigenvalue weighted by Gasteiger charge is 2.24. The first-order chi connectivity index (χ1) is 12.2. The summed E-state index contributed by atoms with van der Waals surface area (Å²) >= 11 is 1.71. The highest BCUT2D eigenvalue weighted by Crippen LogP contribution is 2.48. The van der Waals surface area contributed by atoms with E-state index in [2.05, 4.69) is 28.0 Å². The van der Waals surface area contributed by atoms with Gasteiger partial charge in [0.15, 0.2) is 0 Å². The number of para-hydroxylation sites is 1. The minimum atomic E-state index is -0.186. The standard InChI is InChI=1S/C20H23FN2OS/c21-15-6-7-20-18(14-15)23(17-4-1-2-5-19(17)25-20)11-3-10-22-12-8-16(24)9-13-22/h1-2,4-7,14,16,24H,3,8-13H2. The molecule has 1 saturated heterocycles. The first kappa shape index (κ1) is 16.9. The van der Waals surface area contributed by atoms with E-state index in [1.807, 2.05) is 12.1 Å². The van der Waals surface area contributed by atoms with Crippen molar-refractivity contribution >= 4 is 23.1 Å². The smallest absolute Gasteiger partial charge is 0.125 e. The number of anilines is 2. The Morgan fingerprint density at radius 1 is 1.00 bits per heavy atom. The van der Waals surface area contributed by atoms with Crippen LogP contribution in [0.25, 0.3) is 0 Å². The van der Waals surface area contributed by atoms with Crippen LogP contribution in [0.15, 0.2) is 52.3 Å². The van der Waals surface area contributed by atoms with Crippen LogP contribution in [-0.4, -0.2) is 42.3 Å². The van der Waals surface area contributed by atoms with Crippen molar-refractivity contribution in [2.45, 2.75) is 35.2 Å². The molecule has 2 aromatic carbocycles. The topological polar surface area (TPSA) is 26.7 Å². The summed E-state index contributed by atoms with van der Waals surface area (Å²) in [7, 11) is 0. The van der Waals surface area contributed by atoms with Gasteiger partial charge in [0.1, 0.15) is 5.82 Å². The zero-order valence-electron chi connectivity index (χ0n) is 14.2. The summed E-state index contributed by atoms with van der Waals surface area (Å²) in [6.45, 7) is 3.83. The Morgan fingerprint density at radius 3 is 2.60 bits per heavy atom. The minimum Gasteiger partial charge on any atom is -0.393 e. The molecule has 4 rings (SSSR count). The van der Waals surface area contributed by atoms with Gasteiger partial charge in [-0.1, -0.05) is 23.9 Å². The van der Waals surface area contributed by atoms with Gasteiger partial charge < -0.3 is 14.9 Å². The van der Waals surface area contributed by atoms with Crippen LogP contribution in [-0.2, 0) is 0 Å². The molecule has 0 radical (unpaired) electrons. The lowest BCUT2D eigenvalue weighted by Gasteiger charge is -2.34. The molecule has 0 aromatic heterocycles. The number of aliphatic hydroxyl groups is 1. The molecule has 5 heteroatoms. The summed E-state index contributed by atoms with van der Waals surface area (Å²) in [4.78, 5) is 7.01. The Morgan fingerprint density at radius 2 is 1.76 bits per heavy atom. The molecule has 1 N–H and O–H groups in total. The van der Waals surface area contributed by atoms with Crippen LogP contribution in [0.5, 0.6) is 0 Å². The number of fused-ring (bicyclic) bond motifs is 2. The first-order valence-corrected chi connectivity index (χ1v) is 9.77. The molecule has 0 aliphatic carbocycles. The molecule has 0 amide bonds. The van der Waals surface area contributed by atoms with E-state index in [1.54, 1.807) is 17.8 Å². The molecular formula is C20H23FN2OS. The molecule has 0 spiro atoms. The van der Waals surface area contributed by atoms with E-state index in [4.69, 9.17) is 0 Å². The lowest BCUT2D eigenvalue weighted by molar-refractivity contribution is 0.0824. The van der Waals surface area contributed by atoms with Crippen LogP contribution in [0.1, 0.15) is 19.3 Å². The second-order valence-corrected chi connectivity index (χ2v) is 7.84. The molecule has 2 aliphatic rings. The zero-order valence-corrected chi connectivity index (χ0v) is 15.0. The highest BCUT2D eigenvalue weighted by atomic mass is 32.2. The average Bonchev–Trinajstić information content (AvgIpc) is 2.63. The Hall–Kier alpha value is -1.56. The molecule has 0 unspecified atom stereocenters. The SMILES string of the molecule is OC1CCN(CCCN2c3ccccc3Sc3ccc(F)cc32)CC1. The van der Waals surface area contributed by atoms with Crippen LogP contribution < -0.4 is 4.90 Å². The maximum Gasteiger partial charge on any atom is 0.125 e. The van der Waals surface area contributed by atoms with Crippen molar-refractivity contribution in [3.63, 3.8) is 0 Å². The van der Waals surface area contributed by atoms with Gasteiger partial charge in [0.25, 0.3) is 0 Å². The Bertz CT molecular complexity index is 746. The third kappa shape index (κ3) is 3.68. The maximum atomic E-state index is 13.8. The van der Waals surface area contributed by atoms with Crippen LogP contribution >= 0.6 is 11.8 Å². The number of halogens is 1. The zero-order chi connectivity index (χ0) is 17.2. The van der Waals surface area contributed by atoms with E-state index in [-0.39, 0.29) is 11.9 Å². The van der Waals surface area contributed by atoms with Crippen LogP contribution in [0.4, 0.5) is 15.8 Å². The molecule has 1 fully saturated rings. The molecule has 132 valence electrons. The molecule has 0 atom stereocenters. The molecule has 2 heterocycles. The summed E-state index contributed by atoms with van der Waals surface area (Å²) in [5.74, 6) is -0.186. The quantitative estimate of drug-likeness (QED) is 0.883. The van der Waals surface area contributed by atoms with Gasteiger partial charge in [0, 0.05) is 29.4 Å². The summed E-state index contributed by atoms with van der Waals surface area (Å²) in [6.07, 6.45) is 2.64. The van der Waals surface area contributed by atoms with Crippen LogP contribution in [0, 0.1) is 5.82 Å². The predicted octanol–water partition coefficient (Wildman–Crippen LogP) is 4.28. The van der Waals surface area contributed by atoms with Crippen LogP contribution in [0.3, 0.4) is 0 Å². The molecule has 3 nitrogen and oxygen atoms in total. The fourth-order valence-electron chi connectivity index (χ4n) is 3.64. The fraction of sp³-hybridized carbons (Fsp3) is 0.400. The number of likely N-dealkylation sites (tertiary alicyclic amines) is 1. The average molecular weight is 358 g/mol. The normalized spacial score (nSPS) is 18.1. The monoisotopic (exact) mass is 358 g/mol. The summed E-state index contributed by atoms with van der Waals surface area (Å²) in [5, 5.41) is 9.63. The highest BCUT2D eigenvalue weighted by molar-refractivity contribution is 7.99. The molecule has 25 heavy (non-hydrogen) atoms. The van der Waals surface area contributed by atoms with E-state index in [9.17, 15) is 9.50 Å². The molecular weight excluding hydrogens is 335 g/mol. The Balaban J connectivity index is 1.49. The number of rotatable bonds is 4. The summed E-state index contributed by atoms with van der Waals surface area (Å²) < 4.78 is 13.8.